The van der Waals surface area contributed by atoms with E-state index in [1.807, 2.05) is 29.8 Å². The Morgan fingerprint density at radius 2 is 1.81 bits per heavy atom. The molecule has 0 saturated carbocycles. The lowest BCUT2D eigenvalue weighted by atomic mass is 9.77. The number of carbonyl (C=O) groups excluding carboxylic acids is 1. The Balaban J connectivity index is 1.64. The van der Waals surface area contributed by atoms with Gasteiger partial charge < -0.3 is 4.74 Å². The first-order valence-corrected chi connectivity index (χ1v) is 11.2. The van der Waals surface area contributed by atoms with Gasteiger partial charge in [0.05, 0.1) is 12.2 Å². The fourth-order valence-electron chi connectivity index (χ4n) is 4.81. The molecule has 4 nitrogen and oxygen atoms in total. The third-order valence-corrected chi connectivity index (χ3v) is 6.44. The zero-order valence-corrected chi connectivity index (χ0v) is 18.4. The summed E-state index contributed by atoms with van der Waals surface area (Å²) in [4.78, 5) is 13.0. The van der Waals surface area contributed by atoms with Crippen molar-refractivity contribution in [1.82, 2.24) is 9.78 Å². The van der Waals surface area contributed by atoms with Crippen LogP contribution in [0.5, 0.6) is 5.88 Å². The van der Waals surface area contributed by atoms with E-state index < -0.39 is 0 Å². The summed E-state index contributed by atoms with van der Waals surface area (Å²) in [7, 11) is 0. The minimum Gasteiger partial charge on any atom is -0.443 e. The monoisotopic (exact) mass is 412 g/mol. The van der Waals surface area contributed by atoms with Crippen molar-refractivity contribution in [2.45, 2.75) is 58.4 Å². The van der Waals surface area contributed by atoms with E-state index in [2.05, 4.69) is 50.2 Å². The number of benzene rings is 2. The molecule has 0 N–H and O–H groups in total. The predicted octanol–water partition coefficient (Wildman–Crippen LogP) is 5.89. The molecular formula is C27H28N2O2. The van der Waals surface area contributed by atoms with Gasteiger partial charge in [-0.1, -0.05) is 68.4 Å². The SMILES string of the molecule is Cc1nn(Cc2ccccc2)c2c1[C@@H](c1ccc(C(C)C)cc1)C1=C(CCCC1=O)O2. The number of ketones is 1. The van der Waals surface area contributed by atoms with Gasteiger partial charge in [-0.05, 0) is 36.0 Å². The summed E-state index contributed by atoms with van der Waals surface area (Å²) >= 11 is 0. The van der Waals surface area contributed by atoms with Gasteiger partial charge in [0, 0.05) is 29.9 Å². The number of carbonyl (C=O) groups is 1. The van der Waals surface area contributed by atoms with Crippen LogP contribution in [0.3, 0.4) is 0 Å². The average Bonchev–Trinajstić information content (AvgIpc) is 3.08. The van der Waals surface area contributed by atoms with Gasteiger partial charge in [0.25, 0.3) is 0 Å². The topological polar surface area (TPSA) is 44.1 Å². The lowest BCUT2D eigenvalue weighted by Gasteiger charge is -2.31. The Bertz CT molecular complexity index is 1150. The van der Waals surface area contributed by atoms with Crippen molar-refractivity contribution >= 4 is 5.78 Å². The first-order chi connectivity index (χ1) is 15.0. The van der Waals surface area contributed by atoms with Crippen molar-refractivity contribution < 1.29 is 9.53 Å². The summed E-state index contributed by atoms with van der Waals surface area (Å²) in [5.41, 5.74) is 6.40. The number of fused-ring (bicyclic) bond motifs is 1. The molecule has 2 aliphatic rings. The maximum absolute atomic E-state index is 13.0. The Morgan fingerprint density at radius 1 is 1.06 bits per heavy atom. The Kier molecular flexibility index (Phi) is 5.01. The molecule has 0 amide bonds. The standard InChI is InChI=1S/C27H28N2O2/c1-17(2)20-12-14-21(15-13-20)25-24-18(3)28-29(16-19-8-5-4-6-9-19)27(24)31-23-11-7-10-22(30)26(23)25/h4-6,8-9,12-15,17,25H,7,10-11,16H2,1-3H3/t25-/m1/s1. The summed E-state index contributed by atoms with van der Waals surface area (Å²) in [6.07, 6.45) is 2.24. The molecule has 1 atom stereocenters. The van der Waals surface area contributed by atoms with Crippen molar-refractivity contribution in [2.24, 2.45) is 0 Å². The second-order valence-electron chi connectivity index (χ2n) is 8.92. The molecule has 1 aliphatic heterocycles. The van der Waals surface area contributed by atoms with Crippen LogP contribution < -0.4 is 4.74 Å². The van der Waals surface area contributed by atoms with Gasteiger partial charge in [-0.2, -0.15) is 5.10 Å². The molecule has 1 aliphatic carbocycles. The lowest BCUT2D eigenvalue weighted by molar-refractivity contribution is -0.116. The minimum atomic E-state index is -0.114. The highest BCUT2D eigenvalue weighted by atomic mass is 16.5. The maximum atomic E-state index is 13.0. The number of ether oxygens (including phenoxy) is 1. The number of nitrogens with zero attached hydrogens (tertiary/aromatic N) is 2. The smallest absolute Gasteiger partial charge is 0.222 e. The third kappa shape index (κ3) is 3.50. The van der Waals surface area contributed by atoms with Gasteiger partial charge in [-0.3, -0.25) is 4.79 Å². The van der Waals surface area contributed by atoms with E-state index in [9.17, 15) is 4.79 Å². The van der Waals surface area contributed by atoms with E-state index in [0.29, 0.717) is 18.9 Å². The van der Waals surface area contributed by atoms with E-state index in [-0.39, 0.29) is 11.7 Å². The van der Waals surface area contributed by atoms with Crippen LogP contribution in [-0.2, 0) is 11.3 Å². The van der Waals surface area contributed by atoms with Crippen LogP contribution in [0.2, 0.25) is 0 Å². The molecule has 2 heterocycles. The fraction of sp³-hybridized carbons (Fsp3) is 0.333. The fourth-order valence-corrected chi connectivity index (χ4v) is 4.81. The molecule has 0 spiro atoms. The van der Waals surface area contributed by atoms with Crippen LogP contribution in [0.4, 0.5) is 0 Å². The average molecular weight is 413 g/mol. The summed E-state index contributed by atoms with van der Waals surface area (Å²) in [5, 5.41) is 4.85. The molecule has 158 valence electrons. The van der Waals surface area contributed by atoms with Crippen molar-refractivity contribution in [1.29, 1.82) is 0 Å². The van der Waals surface area contributed by atoms with E-state index in [4.69, 9.17) is 9.84 Å². The van der Waals surface area contributed by atoms with Crippen molar-refractivity contribution in [2.75, 3.05) is 0 Å². The molecule has 0 saturated heterocycles. The molecule has 0 radical (unpaired) electrons. The molecule has 5 rings (SSSR count). The van der Waals surface area contributed by atoms with E-state index in [1.165, 1.54) is 11.1 Å². The summed E-state index contributed by atoms with van der Waals surface area (Å²) in [6.45, 7) is 7.07. The van der Waals surface area contributed by atoms with Crippen molar-refractivity contribution in [3.63, 3.8) is 0 Å². The van der Waals surface area contributed by atoms with Gasteiger partial charge >= 0.3 is 0 Å². The van der Waals surface area contributed by atoms with Gasteiger partial charge in [0.2, 0.25) is 5.88 Å². The third-order valence-electron chi connectivity index (χ3n) is 6.44. The summed E-state index contributed by atoms with van der Waals surface area (Å²) in [6, 6.07) is 19.0. The molecule has 0 fully saturated rings. The van der Waals surface area contributed by atoms with Gasteiger partial charge in [0.1, 0.15) is 5.76 Å². The van der Waals surface area contributed by atoms with E-state index in [0.717, 1.165) is 46.9 Å². The zero-order chi connectivity index (χ0) is 21.5. The van der Waals surface area contributed by atoms with Crippen LogP contribution >= 0.6 is 0 Å². The number of hydrogen-bond acceptors (Lipinski definition) is 3. The van der Waals surface area contributed by atoms with Gasteiger partial charge in [-0.25, -0.2) is 4.68 Å². The zero-order valence-electron chi connectivity index (χ0n) is 18.4. The summed E-state index contributed by atoms with van der Waals surface area (Å²) in [5.74, 6) is 2.18. The minimum absolute atomic E-state index is 0.114. The Hall–Kier alpha value is -3.14. The molecule has 3 aromatic rings. The molecule has 0 unspecified atom stereocenters. The van der Waals surface area contributed by atoms with Crippen LogP contribution in [0, 0.1) is 6.92 Å². The summed E-state index contributed by atoms with van der Waals surface area (Å²) < 4.78 is 8.36. The van der Waals surface area contributed by atoms with Crippen molar-refractivity contribution in [3.8, 4) is 5.88 Å². The number of hydrogen-bond donors (Lipinski definition) is 0. The van der Waals surface area contributed by atoms with E-state index in [1.54, 1.807) is 0 Å². The van der Waals surface area contributed by atoms with E-state index >= 15 is 0 Å². The quantitative estimate of drug-likeness (QED) is 0.536. The number of allylic oxidation sites excluding steroid dienone is 2. The van der Waals surface area contributed by atoms with Gasteiger partial charge in [0.15, 0.2) is 5.78 Å². The molecule has 31 heavy (non-hydrogen) atoms. The van der Waals surface area contributed by atoms with Crippen LogP contribution in [-0.4, -0.2) is 15.6 Å². The highest BCUT2D eigenvalue weighted by molar-refractivity contribution is 5.99. The molecule has 1 aromatic heterocycles. The van der Waals surface area contributed by atoms with Crippen LogP contribution in [0.25, 0.3) is 0 Å². The number of aromatic nitrogens is 2. The first-order valence-electron chi connectivity index (χ1n) is 11.2. The van der Waals surface area contributed by atoms with Crippen molar-refractivity contribution in [3.05, 3.63) is 93.9 Å². The normalized spacial score (nSPS) is 18.1. The second kappa shape index (κ2) is 7.84. The molecule has 4 heteroatoms. The van der Waals surface area contributed by atoms with Gasteiger partial charge in [-0.15, -0.1) is 0 Å². The highest BCUT2D eigenvalue weighted by Gasteiger charge is 2.40. The molecule has 2 aromatic carbocycles. The number of rotatable bonds is 4. The maximum Gasteiger partial charge on any atom is 0.222 e. The number of aryl methyl sites for hydroxylation is 1. The Labute approximate surface area is 183 Å². The first kappa shape index (κ1) is 19.8. The van der Waals surface area contributed by atoms with Crippen LogP contribution in [0.1, 0.15) is 72.9 Å². The Morgan fingerprint density at radius 3 is 2.52 bits per heavy atom. The van der Waals surface area contributed by atoms with Crippen LogP contribution in [0.15, 0.2) is 65.9 Å². The molecular weight excluding hydrogens is 384 g/mol. The molecule has 0 bridgehead atoms. The number of Topliss-reactive ketones (excluding diaryl/α,β-unsaturated/α-hetero) is 1. The lowest BCUT2D eigenvalue weighted by Crippen LogP contribution is -2.26. The largest absolute Gasteiger partial charge is 0.443 e. The highest BCUT2D eigenvalue weighted by Crippen LogP contribution is 2.48. The predicted molar refractivity (Wildman–Crippen MR) is 121 cm³/mol. The second-order valence-corrected chi connectivity index (χ2v) is 8.92.